The van der Waals surface area contributed by atoms with E-state index in [1.807, 2.05) is 0 Å². The highest BCUT2D eigenvalue weighted by Gasteiger charge is 2.22. The Hall–Kier alpha value is -3.16. The number of hydrogen-bond donors (Lipinski definition) is 0. The molecule has 0 saturated carbocycles. The second-order valence-electron chi connectivity index (χ2n) is 7.71. The third-order valence-corrected chi connectivity index (χ3v) is 4.40. The van der Waals surface area contributed by atoms with E-state index >= 15 is 0 Å². The van der Waals surface area contributed by atoms with Crippen molar-refractivity contribution >= 4 is 17.1 Å². The summed E-state index contributed by atoms with van der Waals surface area (Å²) >= 11 is 0. The second-order valence-corrected chi connectivity index (χ2v) is 7.71. The fourth-order valence-corrected chi connectivity index (χ4v) is 3.02. The minimum absolute atomic E-state index is 0.0668. The van der Waals surface area contributed by atoms with Gasteiger partial charge in [0.1, 0.15) is 17.1 Å². The smallest absolute Gasteiger partial charge is 0.420 e. The molecule has 2 aromatic heterocycles. The molecule has 1 aromatic carbocycles. The number of nitrogens with zero attached hydrogens (tertiary/aromatic N) is 3. The van der Waals surface area contributed by atoms with Crippen molar-refractivity contribution in [1.82, 2.24) is 13.7 Å². The van der Waals surface area contributed by atoms with Gasteiger partial charge in [-0.2, -0.15) is 0 Å². The van der Waals surface area contributed by atoms with Crippen LogP contribution in [0.15, 0.2) is 40.1 Å². The van der Waals surface area contributed by atoms with Crippen LogP contribution in [0.3, 0.4) is 0 Å². The van der Waals surface area contributed by atoms with Crippen LogP contribution >= 0.6 is 0 Å². The van der Waals surface area contributed by atoms with Crippen LogP contribution in [-0.2, 0) is 18.3 Å². The fraction of sp³-hybridized carbons (Fsp3) is 0.350. The lowest BCUT2D eigenvalue weighted by Crippen LogP contribution is -2.40. The molecule has 0 N–H and O–H groups in total. The number of rotatable bonds is 2. The predicted molar refractivity (Wildman–Crippen MR) is 103 cm³/mol. The Balaban J connectivity index is 2.16. The minimum Gasteiger partial charge on any atom is -0.443 e. The molecule has 3 rings (SSSR count). The van der Waals surface area contributed by atoms with Gasteiger partial charge in [-0.1, -0.05) is 6.07 Å². The number of carbonyl (C=O) groups excluding carboxylic acids is 1. The van der Waals surface area contributed by atoms with Crippen molar-refractivity contribution in [2.45, 2.75) is 39.8 Å². The molecule has 7 nitrogen and oxygen atoms in total. The number of aromatic nitrogens is 3. The molecule has 0 amide bonds. The number of carbonyl (C=O) groups is 1. The van der Waals surface area contributed by atoms with Crippen LogP contribution in [0.5, 0.6) is 0 Å². The van der Waals surface area contributed by atoms with Crippen molar-refractivity contribution in [2.75, 3.05) is 0 Å². The number of benzene rings is 1. The topological polar surface area (TPSA) is 75.2 Å². The molecule has 8 heteroatoms. The summed E-state index contributed by atoms with van der Waals surface area (Å²) in [5.41, 5.74) is -0.437. The largest absolute Gasteiger partial charge is 0.443 e. The zero-order valence-corrected chi connectivity index (χ0v) is 16.4. The first-order valence-electron chi connectivity index (χ1n) is 8.79. The van der Waals surface area contributed by atoms with Crippen LogP contribution in [0.4, 0.5) is 9.18 Å². The second kappa shape index (κ2) is 6.78. The van der Waals surface area contributed by atoms with Crippen LogP contribution in [0.1, 0.15) is 31.9 Å². The van der Waals surface area contributed by atoms with E-state index in [0.29, 0.717) is 5.56 Å². The zero-order valence-electron chi connectivity index (χ0n) is 16.4. The number of halogens is 1. The maximum atomic E-state index is 13.6. The Morgan fingerprint density at radius 3 is 2.50 bits per heavy atom. The average Bonchev–Trinajstić information content (AvgIpc) is 3.03. The van der Waals surface area contributed by atoms with Crippen LogP contribution in [0.2, 0.25) is 0 Å². The summed E-state index contributed by atoms with van der Waals surface area (Å²) in [6.45, 7) is 6.89. The van der Waals surface area contributed by atoms with E-state index in [-0.39, 0.29) is 17.6 Å². The van der Waals surface area contributed by atoms with Crippen molar-refractivity contribution in [3.05, 3.63) is 68.2 Å². The molecular formula is C20H22FN3O4. The van der Waals surface area contributed by atoms with Gasteiger partial charge in [-0.15, -0.1) is 0 Å². The van der Waals surface area contributed by atoms with Crippen LogP contribution < -0.4 is 11.2 Å². The lowest BCUT2D eigenvalue weighted by atomic mass is 10.1. The normalized spacial score (nSPS) is 11.8. The highest BCUT2D eigenvalue weighted by Crippen LogP contribution is 2.15. The van der Waals surface area contributed by atoms with Gasteiger partial charge in [0.05, 0.1) is 11.9 Å². The molecule has 0 atom stereocenters. The molecule has 28 heavy (non-hydrogen) atoms. The van der Waals surface area contributed by atoms with E-state index in [4.69, 9.17) is 4.74 Å². The number of fused-ring (bicyclic) bond motifs is 1. The molecule has 148 valence electrons. The van der Waals surface area contributed by atoms with Gasteiger partial charge in [0.15, 0.2) is 0 Å². The van der Waals surface area contributed by atoms with Gasteiger partial charge in [-0.05, 0) is 57.0 Å². The molecule has 0 fully saturated rings. The Bertz CT molecular complexity index is 1200. The maximum absolute atomic E-state index is 13.6. The molecular weight excluding hydrogens is 365 g/mol. The van der Waals surface area contributed by atoms with Gasteiger partial charge in [0.2, 0.25) is 0 Å². The zero-order chi connectivity index (χ0) is 20.8. The first-order chi connectivity index (χ1) is 13.0. The summed E-state index contributed by atoms with van der Waals surface area (Å²) in [4.78, 5) is 38.2. The third-order valence-electron chi connectivity index (χ3n) is 4.40. The van der Waals surface area contributed by atoms with Crippen LogP contribution in [0.25, 0.3) is 11.0 Å². The lowest BCUT2D eigenvalue weighted by Gasteiger charge is -2.20. The van der Waals surface area contributed by atoms with Gasteiger partial charge in [-0.3, -0.25) is 13.9 Å². The fourth-order valence-electron chi connectivity index (χ4n) is 3.02. The van der Waals surface area contributed by atoms with Crippen molar-refractivity contribution in [2.24, 2.45) is 7.05 Å². The van der Waals surface area contributed by atoms with Gasteiger partial charge < -0.3 is 4.74 Å². The molecule has 0 aliphatic carbocycles. The molecule has 0 bridgehead atoms. The molecule has 0 saturated heterocycles. The highest BCUT2D eigenvalue weighted by molar-refractivity contribution is 5.86. The van der Waals surface area contributed by atoms with Gasteiger partial charge in [-0.25, -0.2) is 18.5 Å². The van der Waals surface area contributed by atoms with Crippen LogP contribution in [0, 0.1) is 12.7 Å². The number of aryl methyl sites for hydroxylation is 2. The summed E-state index contributed by atoms with van der Waals surface area (Å²) in [5.74, 6) is -0.442. The summed E-state index contributed by atoms with van der Waals surface area (Å²) < 4.78 is 22.3. The predicted octanol–water partition coefficient (Wildman–Crippen LogP) is 2.78. The number of hydrogen-bond acceptors (Lipinski definition) is 4. The van der Waals surface area contributed by atoms with E-state index in [1.165, 1.54) is 36.0 Å². The Morgan fingerprint density at radius 2 is 1.86 bits per heavy atom. The van der Waals surface area contributed by atoms with E-state index < -0.39 is 28.8 Å². The summed E-state index contributed by atoms with van der Waals surface area (Å²) in [7, 11) is 1.47. The molecule has 2 heterocycles. The summed E-state index contributed by atoms with van der Waals surface area (Å²) in [5, 5.41) is 0.196. The maximum Gasteiger partial charge on any atom is 0.420 e. The third kappa shape index (κ3) is 3.49. The molecule has 0 aliphatic heterocycles. The Morgan fingerprint density at radius 1 is 1.18 bits per heavy atom. The minimum atomic E-state index is -0.726. The van der Waals surface area contributed by atoms with E-state index in [9.17, 15) is 18.8 Å². The molecule has 3 aromatic rings. The molecule has 0 spiro atoms. The van der Waals surface area contributed by atoms with Crippen LogP contribution in [-0.4, -0.2) is 25.4 Å². The van der Waals surface area contributed by atoms with Gasteiger partial charge >= 0.3 is 11.8 Å². The Labute approximate surface area is 160 Å². The molecule has 0 unspecified atom stereocenters. The highest BCUT2D eigenvalue weighted by atomic mass is 19.1. The molecule has 0 aliphatic rings. The van der Waals surface area contributed by atoms with Gasteiger partial charge in [0, 0.05) is 13.2 Å². The first-order valence-corrected chi connectivity index (χ1v) is 8.79. The standard InChI is InChI=1S/C20H22FN3O4/c1-12-6-7-14(21)10-13(12)11-24-17(25)15-8-9-23(16(15)22(5)18(24)26)19(27)28-20(2,3)4/h6-10H,11H2,1-5H3. The van der Waals surface area contributed by atoms with Crippen molar-refractivity contribution < 1.29 is 13.9 Å². The van der Waals surface area contributed by atoms with E-state index in [0.717, 1.165) is 14.7 Å². The van der Waals surface area contributed by atoms with E-state index in [1.54, 1.807) is 33.8 Å². The summed E-state index contributed by atoms with van der Waals surface area (Å²) in [6, 6.07) is 5.69. The average molecular weight is 387 g/mol. The van der Waals surface area contributed by atoms with Gasteiger partial charge in [0.25, 0.3) is 5.56 Å². The SMILES string of the molecule is Cc1ccc(F)cc1Cn1c(=O)c2ccn(C(=O)OC(C)(C)C)c2n(C)c1=O. The summed E-state index contributed by atoms with van der Waals surface area (Å²) in [6.07, 6.45) is 0.716. The monoisotopic (exact) mass is 387 g/mol. The van der Waals surface area contributed by atoms with Crippen molar-refractivity contribution in [3.8, 4) is 0 Å². The Kier molecular flexibility index (Phi) is 4.74. The quantitative estimate of drug-likeness (QED) is 0.678. The first kappa shape index (κ1) is 19.6. The molecule has 0 radical (unpaired) electrons. The van der Waals surface area contributed by atoms with Crippen molar-refractivity contribution in [1.29, 1.82) is 0 Å². The number of ether oxygens (including phenoxy) is 1. The van der Waals surface area contributed by atoms with E-state index in [2.05, 4.69) is 0 Å². The van der Waals surface area contributed by atoms with Crippen molar-refractivity contribution in [3.63, 3.8) is 0 Å². The lowest BCUT2D eigenvalue weighted by molar-refractivity contribution is 0.0542.